The second kappa shape index (κ2) is 4.93. The Labute approximate surface area is 126 Å². The Hall–Kier alpha value is -2.27. The van der Waals surface area contributed by atoms with Gasteiger partial charge in [-0.1, -0.05) is 29.8 Å². The monoisotopic (exact) mass is 303 g/mol. The largest absolute Gasteiger partial charge is 0.477 e. The number of aromatic carboxylic acids is 1. The van der Waals surface area contributed by atoms with Gasteiger partial charge in [0.05, 0.1) is 23.0 Å². The number of carboxylic acids is 1. The Morgan fingerprint density at radius 3 is 2.71 bits per heavy atom. The van der Waals surface area contributed by atoms with Crippen LogP contribution in [0.3, 0.4) is 0 Å². The molecule has 2 heterocycles. The number of rotatable bonds is 3. The van der Waals surface area contributed by atoms with E-state index in [1.54, 1.807) is 22.4 Å². The fraction of sp³-hybridized carbons (Fsp3) is 0.200. The smallest absolute Gasteiger partial charge is 0.352 e. The SMILES string of the molecule is Cc1nn(C)c(Cn2c(C(=O)O)cc3ccccc32)c1Cl. The number of nitrogens with zero attached hydrogens (tertiary/aromatic N) is 3. The van der Waals surface area contributed by atoms with E-state index in [9.17, 15) is 9.90 Å². The lowest BCUT2D eigenvalue weighted by Gasteiger charge is -2.09. The second-order valence-corrected chi connectivity index (χ2v) is 5.33. The van der Waals surface area contributed by atoms with E-state index in [0.717, 1.165) is 22.3 Å². The van der Waals surface area contributed by atoms with Crippen LogP contribution in [0, 0.1) is 6.92 Å². The summed E-state index contributed by atoms with van der Waals surface area (Å²) >= 11 is 6.27. The van der Waals surface area contributed by atoms with Crippen molar-refractivity contribution in [1.82, 2.24) is 14.3 Å². The first-order valence-corrected chi connectivity index (χ1v) is 6.86. The number of carboxylic acid groups (broad SMARTS) is 1. The summed E-state index contributed by atoms with van der Waals surface area (Å²) in [6.45, 7) is 2.20. The summed E-state index contributed by atoms with van der Waals surface area (Å²) < 4.78 is 3.44. The van der Waals surface area contributed by atoms with E-state index in [0.29, 0.717) is 11.6 Å². The van der Waals surface area contributed by atoms with E-state index in [1.807, 2.05) is 31.2 Å². The molecule has 0 saturated carbocycles. The van der Waals surface area contributed by atoms with Crippen LogP contribution >= 0.6 is 11.6 Å². The molecule has 3 aromatic rings. The van der Waals surface area contributed by atoms with Gasteiger partial charge in [-0.2, -0.15) is 5.10 Å². The third-order valence-electron chi connectivity index (χ3n) is 3.60. The minimum atomic E-state index is -0.957. The molecule has 1 aromatic carbocycles. The molecule has 2 aromatic heterocycles. The Kier molecular flexibility index (Phi) is 3.22. The number of aromatic nitrogens is 3. The molecule has 0 aliphatic rings. The summed E-state index contributed by atoms with van der Waals surface area (Å²) in [5.74, 6) is -0.957. The molecule has 0 atom stereocenters. The normalized spacial score (nSPS) is 11.2. The van der Waals surface area contributed by atoms with Crippen molar-refractivity contribution in [3.8, 4) is 0 Å². The van der Waals surface area contributed by atoms with E-state index in [1.165, 1.54) is 0 Å². The molecule has 0 fully saturated rings. The fourth-order valence-corrected chi connectivity index (χ4v) is 2.78. The molecule has 5 nitrogen and oxygen atoms in total. The van der Waals surface area contributed by atoms with E-state index in [-0.39, 0.29) is 5.69 Å². The van der Waals surface area contributed by atoms with Crippen LogP contribution in [0.4, 0.5) is 0 Å². The van der Waals surface area contributed by atoms with Crippen LogP contribution in [-0.4, -0.2) is 25.4 Å². The molecule has 0 amide bonds. The molecule has 0 aliphatic carbocycles. The molecule has 0 bridgehead atoms. The first-order valence-electron chi connectivity index (χ1n) is 6.48. The van der Waals surface area contributed by atoms with Crippen LogP contribution in [0.5, 0.6) is 0 Å². The Morgan fingerprint density at radius 2 is 2.10 bits per heavy atom. The van der Waals surface area contributed by atoms with Gasteiger partial charge in [-0.15, -0.1) is 0 Å². The number of hydrogen-bond acceptors (Lipinski definition) is 2. The maximum absolute atomic E-state index is 11.5. The summed E-state index contributed by atoms with van der Waals surface area (Å²) in [6.07, 6.45) is 0. The van der Waals surface area contributed by atoms with Crippen LogP contribution in [0.2, 0.25) is 5.02 Å². The van der Waals surface area contributed by atoms with Crippen molar-refractivity contribution < 1.29 is 9.90 Å². The van der Waals surface area contributed by atoms with Gasteiger partial charge in [-0.05, 0) is 19.1 Å². The van der Waals surface area contributed by atoms with Gasteiger partial charge >= 0.3 is 5.97 Å². The minimum Gasteiger partial charge on any atom is -0.477 e. The molecule has 6 heteroatoms. The number of benzene rings is 1. The summed E-state index contributed by atoms with van der Waals surface area (Å²) in [4.78, 5) is 11.5. The van der Waals surface area contributed by atoms with Crippen LogP contribution in [0.1, 0.15) is 21.9 Å². The average molecular weight is 304 g/mol. The van der Waals surface area contributed by atoms with Gasteiger partial charge in [0, 0.05) is 18.0 Å². The van der Waals surface area contributed by atoms with Gasteiger partial charge in [0.15, 0.2) is 0 Å². The topological polar surface area (TPSA) is 60.0 Å². The highest BCUT2D eigenvalue weighted by Gasteiger charge is 2.18. The first kappa shape index (κ1) is 13.7. The lowest BCUT2D eigenvalue weighted by atomic mass is 10.2. The molecule has 1 N–H and O–H groups in total. The van der Waals surface area contributed by atoms with Gasteiger partial charge in [-0.3, -0.25) is 4.68 Å². The quantitative estimate of drug-likeness (QED) is 0.809. The summed E-state index contributed by atoms with van der Waals surface area (Å²) in [5.41, 5.74) is 2.64. The van der Waals surface area contributed by atoms with Crippen molar-refractivity contribution in [2.45, 2.75) is 13.5 Å². The van der Waals surface area contributed by atoms with Gasteiger partial charge in [-0.25, -0.2) is 4.79 Å². The third kappa shape index (κ3) is 2.19. The number of aryl methyl sites for hydroxylation is 2. The van der Waals surface area contributed by atoms with E-state index < -0.39 is 5.97 Å². The van der Waals surface area contributed by atoms with Gasteiger partial charge in [0.2, 0.25) is 0 Å². The number of hydrogen-bond donors (Lipinski definition) is 1. The number of carbonyl (C=O) groups is 1. The average Bonchev–Trinajstić information content (AvgIpc) is 2.93. The summed E-state index contributed by atoms with van der Waals surface area (Å²) in [6, 6.07) is 9.25. The van der Waals surface area contributed by atoms with Crippen molar-refractivity contribution in [2.24, 2.45) is 7.05 Å². The van der Waals surface area contributed by atoms with E-state index >= 15 is 0 Å². The molecule has 108 valence electrons. The van der Waals surface area contributed by atoms with Gasteiger partial charge < -0.3 is 9.67 Å². The van der Waals surface area contributed by atoms with Crippen molar-refractivity contribution in [1.29, 1.82) is 0 Å². The van der Waals surface area contributed by atoms with Crippen LogP contribution in [0.25, 0.3) is 10.9 Å². The summed E-state index contributed by atoms with van der Waals surface area (Å²) in [7, 11) is 1.81. The van der Waals surface area contributed by atoms with Crippen molar-refractivity contribution in [2.75, 3.05) is 0 Å². The molecular formula is C15H14ClN3O2. The van der Waals surface area contributed by atoms with Crippen molar-refractivity contribution >= 4 is 28.5 Å². The highest BCUT2D eigenvalue weighted by atomic mass is 35.5. The lowest BCUT2D eigenvalue weighted by molar-refractivity contribution is 0.0686. The van der Waals surface area contributed by atoms with E-state index in [4.69, 9.17) is 11.6 Å². The lowest BCUT2D eigenvalue weighted by Crippen LogP contribution is -2.12. The van der Waals surface area contributed by atoms with Crippen LogP contribution in [-0.2, 0) is 13.6 Å². The molecule has 0 saturated heterocycles. The summed E-state index contributed by atoms with van der Waals surface area (Å²) in [5, 5.41) is 15.2. The predicted octanol–water partition coefficient (Wildman–Crippen LogP) is 3.08. The molecule has 0 unspecified atom stereocenters. The fourth-order valence-electron chi connectivity index (χ4n) is 2.56. The highest BCUT2D eigenvalue weighted by molar-refractivity contribution is 6.31. The van der Waals surface area contributed by atoms with Crippen molar-refractivity contribution in [3.05, 3.63) is 52.4 Å². The predicted molar refractivity (Wildman–Crippen MR) is 81.0 cm³/mol. The highest BCUT2D eigenvalue weighted by Crippen LogP contribution is 2.25. The van der Waals surface area contributed by atoms with Crippen molar-refractivity contribution in [3.63, 3.8) is 0 Å². The minimum absolute atomic E-state index is 0.242. The first-order chi connectivity index (χ1) is 9.99. The zero-order valence-electron chi connectivity index (χ0n) is 11.7. The standard InChI is InChI=1S/C15H14ClN3O2/c1-9-14(16)13(18(2)17-9)8-19-11-6-4-3-5-10(11)7-12(19)15(20)21/h3-7H,8H2,1-2H3,(H,20,21). The molecule has 3 rings (SSSR count). The number of fused-ring (bicyclic) bond motifs is 1. The zero-order chi connectivity index (χ0) is 15.1. The maximum atomic E-state index is 11.5. The molecule has 21 heavy (non-hydrogen) atoms. The zero-order valence-corrected chi connectivity index (χ0v) is 12.4. The number of para-hydroxylation sites is 1. The Morgan fingerprint density at radius 1 is 1.38 bits per heavy atom. The van der Waals surface area contributed by atoms with Gasteiger partial charge in [0.25, 0.3) is 0 Å². The molecule has 0 spiro atoms. The number of halogens is 1. The second-order valence-electron chi connectivity index (χ2n) is 4.95. The molecular weight excluding hydrogens is 290 g/mol. The maximum Gasteiger partial charge on any atom is 0.352 e. The van der Waals surface area contributed by atoms with Gasteiger partial charge in [0.1, 0.15) is 5.69 Å². The molecule has 0 aliphatic heterocycles. The van der Waals surface area contributed by atoms with Crippen LogP contribution < -0.4 is 0 Å². The molecule has 0 radical (unpaired) electrons. The third-order valence-corrected chi connectivity index (χ3v) is 4.09. The van der Waals surface area contributed by atoms with Crippen LogP contribution in [0.15, 0.2) is 30.3 Å². The Balaban J connectivity index is 2.19. The van der Waals surface area contributed by atoms with E-state index in [2.05, 4.69) is 5.10 Å². The Bertz CT molecular complexity index is 848.